The summed E-state index contributed by atoms with van der Waals surface area (Å²) in [6.45, 7) is 0. The number of carbonyl (C=O) groups excluding carboxylic acids is 1. The second-order valence-corrected chi connectivity index (χ2v) is 6.51. The maximum atomic E-state index is 12.6. The highest BCUT2D eigenvalue weighted by molar-refractivity contribution is 6.05. The quantitative estimate of drug-likeness (QED) is 0.681. The van der Waals surface area contributed by atoms with Gasteiger partial charge in [-0.3, -0.25) is 4.79 Å². The van der Waals surface area contributed by atoms with E-state index in [-0.39, 0.29) is 5.41 Å². The number of ketones is 1. The zero-order valence-corrected chi connectivity index (χ0v) is 8.84. The normalized spacial score (nSPS) is 64.1. The lowest BCUT2D eigenvalue weighted by molar-refractivity contribution is -0.593. The minimum atomic E-state index is 0.191. The zero-order chi connectivity index (χ0) is 10.2. The van der Waals surface area contributed by atoms with E-state index < -0.39 is 0 Å². The summed E-state index contributed by atoms with van der Waals surface area (Å²) in [4.78, 5) is 12.6. The van der Waals surface area contributed by atoms with E-state index in [4.69, 9.17) is 0 Å². The molecule has 6 aliphatic carbocycles. The average molecular weight is 208 g/mol. The molecule has 16 heavy (non-hydrogen) atoms. The van der Waals surface area contributed by atoms with Gasteiger partial charge in [0.2, 0.25) is 0 Å². The third kappa shape index (κ3) is 0.363. The molecule has 0 bridgehead atoms. The van der Waals surface area contributed by atoms with Gasteiger partial charge in [-0.05, 0) is 41.4 Å². The van der Waals surface area contributed by atoms with Crippen LogP contribution in [0.4, 0.5) is 0 Å². The van der Waals surface area contributed by atoms with Crippen molar-refractivity contribution in [3.05, 3.63) is 35.9 Å². The van der Waals surface area contributed by atoms with Crippen LogP contribution in [-0.4, -0.2) is 5.78 Å². The number of hydrogen-bond donors (Lipinski definition) is 0. The molecule has 1 aromatic rings. The first-order valence-corrected chi connectivity index (χ1v) is 6.48. The maximum absolute atomic E-state index is 12.6. The molecule has 0 N–H and O–H groups in total. The van der Waals surface area contributed by atoms with Gasteiger partial charge >= 0.3 is 0 Å². The molecule has 78 valence electrons. The Balaban J connectivity index is 1.48. The van der Waals surface area contributed by atoms with Crippen LogP contribution in [0, 0.1) is 46.8 Å². The molecule has 0 amide bonds. The molecule has 0 aliphatic heterocycles. The molecular formula is C15H12O. The van der Waals surface area contributed by atoms with Gasteiger partial charge in [0.1, 0.15) is 0 Å². The Morgan fingerprint density at radius 1 is 0.875 bits per heavy atom. The monoisotopic (exact) mass is 208 g/mol. The highest BCUT2D eigenvalue weighted by atomic mass is 16.1. The lowest BCUT2D eigenvalue weighted by Crippen LogP contribution is -3.06. The second-order valence-electron chi connectivity index (χ2n) is 6.51. The molecule has 6 fully saturated rings. The van der Waals surface area contributed by atoms with Crippen molar-refractivity contribution in [3.63, 3.8) is 0 Å². The van der Waals surface area contributed by atoms with Crippen LogP contribution in [0.3, 0.4) is 0 Å². The average Bonchev–Trinajstić information content (AvgIpc) is 2.39. The fraction of sp³-hybridized carbons (Fsp3) is 0.533. The van der Waals surface area contributed by atoms with E-state index >= 15 is 0 Å². The molecule has 6 aliphatic rings. The first-order valence-electron chi connectivity index (χ1n) is 6.48. The molecule has 0 heterocycles. The molecule has 1 heteroatoms. The predicted octanol–water partition coefficient (Wildman–Crippen LogP) is 2.24. The van der Waals surface area contributed by atoms with E-state index in [0.29, 0.717) is 5.78 Å². The van der Waals surface area contributed by atoms with Gasteiger partial charge in [0, 0.05) is 11.0 Å². The molecule has 0 unspecified atom stereocenters. The Bertz CT molecular complexity index is 507. The zero-order valence-electron chi connectivity index (χ0n) is 8.84. The van der Waals surface area contributed by atoms with Crippen molar-refractivity contribution in [2.24, 2.45) is 46.8 Å². The Morgan fingerprint density at radius 3 is 2.00 bits per heavy atom. The van der Waals surface area contributed by atoms with Crippen molar-refractivity contribution in [2.75, 3.05) is 0 Å². The molecule has 1 aromatic carbocycles. The number of carbonyl (C=O) groups is 1. The summed E-state index contributed by atoms with van der Waals surface area (Å²) < 4.78 is 0. The molecule has 0 saturated heterocycles. The van der Waals surface area contributed by atoms with Crippen LogP contribution in [-0.2, 0) is 0 Å². The van der Waals surface area contributed by atoms with Crippen LogP contribution >= 0.6 is 0 Å². The number of Topliss-reactive ketones (excluding diaryl/α,β-unsaturated/α-hetero) is 1. The smallest absolute Gasteiger partial charge is 0.169 e. The minimum absolute atomic E-state index is 0.191. The van der Waals surface area contributed by atoms with E-state index in [2.05, 4.69) is 0 Å². The van der Waals surface area contributed by atoms with Crippen molar-refractivity contribution in [1.82, 2.24) is 0 Å². The molecule has 0 atom stereocenters. The van der Waals surface area contributed by atoms with Gasteiger partial charge in [0.25, 0.3) is 0 Å². The number of rotatable bonds is 2. The predicted molar refractivity (Wildman–Crippen MR) is 57.6 cm³/mol. The molecule has 0 radical (unpaired) electrons. The Kier molecular flexibility index (Phi) is 0.770. The molecule has 6 saturated carbocycles. The van der Waals surface area contributed by atoms with Crippen LogP contribution in [0.25, 0.3) is 0 Å². The van der Waals surface area contributed by atoms with E-state index in [1.54, 1.807) is 0 Å². The van der Waals surface area contributed by atoms with E-state index in [9.17, 15) is 4.79 Å². The Morgan fingerprint density at radius 2 is 1.44 bits per heavy atom. The SMILES string of the molecule is O=C(c1ccccc1)C12C3C4C5C3C1C5C42. The largest absolute Gasteiger partial charge is 0.294 e. The van der Waals surface area contributed by atoms with Gasteiger partial charge < -0.3 is 0 Å². The molecule has 7 rings (SSSR count). The Hall–Kier alpha value is -1.11. The summed E-state index contributed by atoms with van der Waals surface area (Å²) >= 11 is 0. The van der Waals surface area contributed by atoms with Crippen molar-refractivity contribution < 1.29 is 4.79 Å². The lowest BCUT2D eigenvalue weighted by Gasteiger charge is -3.07. The van der Waals surface area contributed by atoms with Crippen LogP contribution in [0.2, 0.25) is 0 Å². The van der Waals surface area contributed by atoms with Crippen LogP contribution in [0.15, 0.2) is 30.3 Å². The summed E-state index contributed by atoms with van der Waals surface area (Å²) in [6.07, 6.45) is 0. The van der Waals surface area contributed by atoms with E-state index in [0.717, 1.165) is 47.0 Å². The molecule has 0 aromatic heterocycles. The van der Waals surface area contributed by atoms with E-state index in [1.165, 1.54) is 0 Å². The fourth-order valence-corrected chi connectivity index (χ4v) is 6.73. The van der Waals surface area contributed by atoms with Crippen molar-refractivity contribution >= 4 is 5.78 Å². The van der Waals surface area contributed by atoms with Crippen molar-refractivity contribution in [2.45, 2.75) is 0 Å². The first kappa shape index (κ1) is 7.26. The first-order chi connectivity index (χ1) is 7.88. The van der Waals surface area contributed by atoms with Gasteiger partial charge in [-0.2, -0.15) is 0 Å². The highest BCUT2D eigenvalue weighted by Gasteiger charge is 3.05. The standard InChI is InChI=1S/C15H12O/c16-14(6-4-2-1-3-5-6)15-11-8-7-9(11)13(15)10(7)12(8)15/h1-5,7-13H. The van der Waals surface area contributed by atoms with Crippen LogP contribution in [0.5, 0.6) is 0 Å². The topological polar surface area (TPSA) is 17.1 Å². The third-order valence-corrected chi connectivity index (χ3v) is 6.91. The summed E-state index contributed by atoms with van der Waals surface area (Å²) in [5.41, 5.74) is 1.16. The van der Waals surface area contributed by atoms with E-state index in [1.807, 2.05) is 30.3 Å². The Labute approximate surface area is 93.8 Å². The maximum Gasteiger partial charge on any atom is 0.169 e. The van der Waals surface area contributed by atoms with Crippen LogP contribution < -0.4 is 0 Å². The minimum Gasteiger partial charge on any atom is -0.294 e. The van der Waals surface area contributed by atoms with Crippen LogP contribution in [0.1, 0.15) is 10.4 Å². The molecule has 0 spiro atoms. The van der Waals surface area contributed by atoms with Gasteiger partial charge in [0.05, 0.1) is 0 Å². The summed E-state index contributed by atoms with van der Waals surface area (Å²) in [5, 5.41) is 0. The molecular weight excluding hydrogens is 196 g/mol. The van der Waals surface area contributed by atoms with Crippen molar-refractivity contribution in [1.29, 1.82) is 0 Å². The highest BCUT2D eigenvalue weighted by Crippen LogP contribution is 3.06. The van der Waals surface area contributed by atoms with Gasteiger partial charge in [0.15, 0.2) is 5.78 Å². The number of hydrogen-bond acceptors (Lipinski definition) is 1. The van der Waals surface area contributed by atoms with Gasteiger partial charge in [-0.25, -0.2) is 0 Å². The van der Waals surface area contributed by atoms with Crippen molar-refractivity contribution in [3.8, 4) is 0 Å². The van der Waals surface area contributed by atoms with Gasteiger partial charge in [-0.15, -0.1) is 0 Å². The second kappa shape index (κ2) is 1.70. The third-order valence-electron chi connectivity index (χ3n) is 6.91. The summed E-state index contributed by atoms with van der Waals surface area (Å²) in [7, 11) is 0. The van der Waals surface area contributed by atoms with Gasteiger partial charge in [-0.1, -0.05) is 30.3 Å². The number of benzene rings is 1. The summed E-state index contributed by atoms with van der Waals surface area (Å²) in [5.74, 6) is 7.13. The summed E-state index contributed by atoms with van der Waals surface area (Å²) in [6, 6.07) is 9.99. The lowest BCUT2D eigenvalue weighted by atomic mass is 8.96. The fourth-order valence-electron chi connectivity index (χ4n) is 6.73. The molecule has 1 nitrogen and oxygen atoms in total.